The summed E-state index contributed by atoms with van der Waals surface area (Å²) in [6.07, 6.45) is 0. The van der Waals surface area contributed by atoms with Crippen LogP contribution in [0.5, 0.6) is 11.5 Å². The van der Waals surface area contributed by atoms with Crippen molar-refractivity contribution in [3.8, 4) is 11.5 Å². The summed E-state index contributed by atoms with van der Waals surface area (Å²) < 4.78 is 15.9. The molecule has 0 unspecified atom stereocenters. The molecule has 0 aromatic heterocycles. The van der Waals surface area contributed by atoms with Crippen LogP contribution in [0.25, 0.3) is 0 Å². The maximum absolute atomic E-state index is 12.4. The Labute approximate surface area is 152 Å². The molecule has 138 valence electrons. The van der Waals surface area contributed by atoms with Gasteiger partial charge in [-0.15, -0.1) is 0 Å². The molecule has 0 aliphatic carbocycles. The zero-order valence-electron chi connectivity index (χ0n) is 14.6. The number of halogens is 1. The van der Waals surface area contributed by atoms with Crippen LogP contribution in [0.1, 0.15) is 20.8 Å². The Kier molecular flexibility index (Phi) is 6.90. The molecule has 1 N–H and O–H groups in total. The lowest BCUT2D eigenvalue weighted by atomic mass is 10.2. The maximum Gasteiger partial charge on any atom is 0.320 e. The highest BCUT2D eigenvalue weighted by molar-refractivity contribution is 6.34. The van der Waals surface area contributed by atoms with Crippen molar-refractivity contribution in [3.63, 3.8) is 0 Å². The third kappa shape index (κ3) is 5.51. The Morgan fingerprint density at radius 2 is 1.88 bits per heavy atom. The van der Waals surface area contributed by atoms with Gasteiger partial charge in [0.05, 0.1) is 30.4 Å². The third-order valence-electron chi connectivity index (χ3n) is 3.62. The topological polar surface area (TPSA) is 77.1 Å². The van der Waals surface area contributed by atoms with Gasteiger partial charge in [-0.05, 0) is 20.8 Å². The minimum absolute atomic E-state index is 0.00546. The van der Waals surface area contributed by atoms with Crippen molar-refractivity contribution in [2.75, 3.05) is 38.2 Å². The number of nitrogens with one attached hydrogen (secondary N) is 1. The van der Waals surface area contributed by atoms with Gasteiger partial charge >= 0.3 is 5.97 Å². The number of benzene rings is 1. The highest BCUT2D eigenvalue weighted by Crippen LogP contribution is 2.37. The van der Waals surface area contributed by atoms with Crippen molar-refractivity contribution in [1.82, 2.24) is 4.90 Å². The summed E-state index contributed by atoms with van der Waals surface area (Å²) in [6, 6.07) is 3.26. The largest absolute Gasteiger partial charge is 0.486 e. The van der Waals surface area contributed by atoms with Gasteiger partial charge in [-0.3, -0.25) is 14.5 Å². The molecule has 0 radical (unpaired) electrons. The van der Waals surface area contributed by atoms with E-state index < -0.39 is 0 Å². The van der Waals surface area contributed by atoms with Gasteiger partial charge < -0.3 is 19.5 Å². The molecule has 0 atom stereocenters. The standard InChI is InChI=1S/C17H23ClN2O5/c1-4-23-17(22)10-20(11(2)3)9-16(21)19-13-8-15-14(7-12(13)18)24-5-6-25-15/h7-8,11H,4-6,9-10H2,1-3H3,(H,19,21). The van der Waals surface area contributed by atoms with Gasteiger partial charge in [0.15, 0.2) is 11.5 Å². The summed E-state index contributed by atoms with van der Waals surface area (Å²) in [5.41, 5.74) is 0.441. The molecule has 1 aromatic carbocycles. The number of nitrogens with zero attached hydrogens (tertiary/aromatic N) is 1. The number of hydrogen-bond acceptors (Lipinski definition) is 6. The second-order valence-corrected chi connectivity index (χ2v) is 6.23. The predicted molar refractivity (Wildman–Crippen MR) is 94.4 cm³/mol. The Morgan fingerprint density at radius 1 is 1.24 bits per heavy atom. The van der Waals surface area contributed by atoms with Crippen LogP contribution in [0.2, 0.25) is 5.02 Å². The summed E-state index contributed by atoms with van der Waals surface area (Å²) in [5.74, 6) is 0.455. The molecule has 1 amide bonds. The van der Waals surface area contributed by atoms with E-state index in [1.807, 2.05) is 13.8 Å². The lowest BCUT2D eigenvalue weighted by molar-refractivity contribution is -0.145. The minimum atomic E-state index is -0.360. The van der Waals surface area contributed by atoms with Crippen LogP contribution in [0, 0.1) is 0 Å². The quantitative estimate of drug-likeness (QED) is 0.742. The predicted octanol–water partition coefficient (Wildman–Crippen LogP) is 2.32. The molecule has 1 aliphatic heterocycles. The van der Waals surface area contributed by atoms with Crippen LogP contribution < -0.4 is 14.8 Å². The van der Waals surface area contributed by atoms with E-state index in [0.29, 0.717) is 42.0 Å². The molecule has 1 heterocycles. The lowest BCUT2D eigenvalue weighted by Gasteiger charge is -2.25. The van der Waals surface area contributed by atoms with E-state index in [4.69, 9.17) is 25.8 Å². The Bertz CT molecular complexity index is 636. The van der Waals surface area contributed by atoms with E-state index in [2.05, 4.69) is 5.32 Å². The first-order valence-electron chi connectivity index (χ1n) is 8.19. The van der Waals surface area contributed by atoms with Crippen LogP contribution in [0.3, 0.4) is 0 Å². The monoisotopic (exact) mass is 370 g/mol. The summed E-state index contributed by atoms with van der Waals surface area (Å²) >= 11 is 6.19. The van der Waals surface area contributed by atoms with Gasteiger partial charge in [-0.25, -0.2) is 0 Å². The number of fused-ring (bicyclic) bond motifs is 1. The summed E-state index contributed by atoms with van der Waals surface area (Å²) in [4.78, 5) is 25.7. The number of ether oxygens (including phenoxy) is 3. The molecule has 1 aromatic rings. The smallest absolute Gasteiger partial charge is 0.320 e. The Balaban J connectivity index is 2.01. The molecule has 0 fully saturated rings. The van der Waals surface area contributed by atoms with Crippen LogP contribution >= 0.6 is 11.6 Å². The molecule has 0 spiro atoms. The fraction of sp³-hybridized carbons (Fsp3) is 0.529. The molecular weight excluding hydrogens is 348 g/mol. The fourth-order valence-corrected chi connectivity index (χ4v) is 2.53. The molecule has 7 nitrogen and oxygen atoms in total. The zero-order valence-corrected chi connectivity index (χ0v) is 15.4. The minimum Gasteiger partial charge on any atom is -0.486 e. The lowest BCUT2D eigenvalue weighted by Crippen LogP contribution is -2.41. The first kappa shape index (κ1) is 19.3. The maximum atomic E-state index is 12.4. The van der Waals surface area contributed by atoms with Gasteiger partial charge in [0.25, 0.3) is 0 Å². The zero-order chi connectivity index (χ0) is 18.4. The van der Waals surface area contributed by atoms with Crippen molar-refractivity contribution < 1.29 is 23.8 Å². The molecule has 1 aliphatic rings. The van der Waals surface area contributed by atoms with Crippen molar-refractivity contribution in [2.24, 2.45) is 0 Å². The van der Waals surface area contributed by atoms with Crippen molar-refractivity contribution in [2.45, 2.75) is 26.8 Å². The number of carbonyl (C=O) groups is 2. The summed E-state index contributed by atoms with van der Waals surface area (Å²) in [7, 11) is 0. The van der Waals surface area contributed by atoms with E-state index in [0.717, 1.165) is 0 Å². The molecule has 0 bridgehead atoms. The van der Waals surface area contributed by atoms with Gasteiger partial charge in [0.2, 0.25) is 5.91 Å². The number of anilines is 1. The van der Waals surface area contributed by atoms with Crippen molar-refractivity contribution in [3.05, 3.63) is 17.2 Å². The second-order valence-electron chi connectivity index (χ2n) is 5.83. The highest BCUT2D eigenvalue weighted by Gasteiger charge is 2.20. The van der Waals surface area contributed by atoms with Crippen molar-refractivity contribution >= 4 is 29.2 Å². The van der Waals surface area contributed by atoms with Crippen LogP contribution in [0.15, 0.2) is 12.1 Å². The first-order valence-corrected chi connectivity index (χ1v) is 8.57. The highest BCUT2D eigenvalue weighted by atomic mass is 35.5. The average Bonchev–Trinajstić information content (AvgIpc) is 2.55. The summed E-state index contributed by atoms with van der Waals surface area (Å²) in [5, 5.41) is 3.11. The van der Waals surface area contributed by atoms with E-state index in [9.17, 15) is 9.59 Å². The summed E-state index contributed by atoms with van der Waals surface area (Å²) in [6.45, 7) is 6.87. The van der Waals surface area contributed by atoms with Gasteiger partial charge in [-0.2, -0.15) is 0 Å². The number of carbonyl (C=O) groups excluding carboxylic acids is 2. The second kappa shape index (κ2) is 8.92. The molecule has 25 heavy (non-hydrogen) atoms. The van der Waals surface area contributed by atoms with Gasteiger partial charge in [-0.1, -0.05) is 11.6 Å². The van der Waals surface area contributed by atoms with Crippen molar-refractivity contribution in [1.29, 1.82) is 0 Å². The normalized spacial score (nSPS) is 13.0. The number of amides is 1. The van der Waals surface area contributed by atoms with E-state index in [1.165, 1.54) is 0 Å². The number of hydrogen-bond donors (Lipinski definition) is 1. The van der Waals surface area contributed by atoms with Gasteiger partial charge in [0, 0.05) is 18.2 Å². The van der Waals surface area contributed by atoms with E-state index in [-0.39, 0.29) is 31.0 Å². The number of rotatable bonds is 7. The number of esters is 1. The molecule has 0 saturated heterocycles. The Hall–Kier alpha value is -1.99. The SMILES string of the molecule is CCOC(=O)CN(CC(=O)Nc1cc2c(cc1Cl)OCCO2)C(C)C. The molecular formula is C17H23ClN2O5. The Morgan fingerprint density at radius 3 is 2.48 bits per heavy atom. The average molecular weight is 371 g/mol. The molecule has 8 heteroatoms. The van der Waals surface area contributed by atoms with Crippen LogP contribution in [-0.4, -0.2) is 55.7 Å². The molecule has 2 rings (SSSR count). The van der Waals surface area contributed by atoms with E-state index in [1.54, 1.807) is 24.0 Å². The molecule has 0 saturated carbocycles. The van der Waals surface area contributed by atoms with Gasteiger partial charge in [0.1, 0.15) is 13.2 Å². The fourth-order valence-electron chi connectivity index (χ4n) is 2.33. The van der Waals surface area contributed by atoms with Crippen LogP contribution in [0.4, 0.5) is 5.69 Å². The third-order valence-corrected chi connectivity index (χ3v) is 3.93. The first-order chi connectivity index (χ1) is 11.9. The van der Waals surface area contributed by atoms with Crippen LogP contribution in [-0.2, 0) is 14.3 Å². The van der Waals surface area contributed by atoms with E-state index >= 15 is 0 Å².